The van der Waals surface area contributed by atoms with Gasteiger partial charge in [-0.05, 0) is 60.0 Å². The van der Waals surface area contributed by atoms with Crippen LogP contribution in [-0.4, -0.2) is 52.3 Å². The number of hydrogen-bond acceptors (Lipinski definition) is 6. The summed E-state index contributed by atoms with van der Waals surface area (Å²) in [5, 5.41) is 9.14. The van der Waals surface area contributed by atoms with Gasteiger partial charge in [-0.3, -0.25) is 9.10 Å². The number of benzene rings is 3. The molecule has 1 N–H and O–H groups in total. The van der Waals surface area contributed by atoms with Crippen molar-refractivity contribution in [3.05, 3.63) is 78.4 Å². The van der Waals surface area contributed by atoms with Gasteiger partial charge >= 0.3 is 5.97 Å². The Morgan fingerprint density at radius 3 is 2.54 bits per heavy atom. The summed E-state index contributed by atoms with van der Waals surface area (Å²) in [6, 6.07) is 20.8. The van der Waals surface area contributed by atoms with Crippen LogP contribution in [0.4, 0.5) is 11.4 Å². The number of likely N-dealkylation sites (N-methyl/N-ethyl adjacent to an activating group) is 1. The molecular weight excluding hydrogens is 492 g/mol. The maximum atomic E-state index is 13.6. The topological polar surface area (TPSA) is 96.4 Å². The molecule has 0 spiro atoms. The fraction of sp³-hybridized carbons (Fsp3) is 0.321. The molecule has 8 nitrogen and oxygen atoms in total. The van der Waals surface area contributed by atoms with E-state index in [2.05, 4.69) is 4.90 Å². The van der Waals surface area contributed by atoms with Gasteiger partial charge < -0.3 is 19.5 Å². The largest absolute Gasteiger partial charge is 0.490 e. The van der Waals surface area contributed by atoms with Gasteiger partial charge in [-0.2, -0.15) is 0 Å². The minimum Gasteiger partial charge on any atom is -0.490 e. The zero-order valence-corrected chi connectivity index (χ0v) is 22.0. The van der Waals surface area contributed by atoms with Crippen molar-refractivity contribution in [2.24, 2.45) is 5.92 Å². The summed E-state index contributed by atoms with van der Waals surface area (Å²) in [4.78, 5) is 13.4. The van der Waals surface area contributed by atoms with Crippen LogP contribution in [0.1, 0.15) is 19.4 Å². The summed E-state index contributed by atoms with van der Waals surface area (Å²) in [6.07, 6.45) is -0.343. The molecule has 0 aliphatic carbocycles. The van der Waals surface area contributed by atoms with Crippen LogP contribution in [0.5, 0.6) is 11.5 Å². The van der Waals surface area contributed by atoms with Gasteiger partial charge in [0.15, 0.2) is 0 Å². The Morgan fingerprint density at radius 1 is 1.11 bits per heavy atom. The number of carbonyl (C=O) groups is 1. The molecule has 0 fully saturated rings. The molecule has 0 radical (unpaired) electrons. The molecule has 0 saturated carbocycles. The highest BCUT2D eigenvalue weighted by Crippen LogP contribution is 2.32. The van der Waals surface area contributed by atoms with Crippen molar-refractivity contribution in [2.75, 3.05) is 35.9 Å². The highest BCUT2D eigenvalue weighted by atomic mass is 32.2. The lowest BCUT2D eigenvalue weighted by molar-refractivity contribution is -0.136. The maximum Gasteiger partial charge on any atom is 0.307 e. The quantitative estimate of drug-likeness (QED) is 0.419. The van der Waals surface area contributed by atoms with Crippen LogP contribution in [-0.2, 0) is 21.2 Å². The van der Waals surface area contributed by atoms with Gasteiger partial charge in [0, 0.05) is 13.6 Å². The van der Waals surface area contributed by atoms with Gasteiger partial charge in [0.1, 0.15) is 24.2 Å². The summed E-state index contributed by atoms with van der Waals surface area (Å²) < 4.78 is 40.5. The molecule has 37 heavy (non-hydrogen) atoms. The van der Waals surface area contributed by atoms with E-state index in [0.717, 1.165) is 11.4 Å². The predicted molar refractivity (Wildman–Crippen MR) is 143 cm³/mol. The molecular formula is C28H32N2O6S. The number of carboxylic acid groups (broad SMARTS) is 1. The number of ether oxygens (including phenoxy) is 2. The van der Waals surface area contributed by atoms with Gasteiger partial charge in [0.05, 0.1) is 29.2 Å². The number of anilines is 2. The first-order valence-electron chi connectivity index (χ1n) is 12.2. The average molecular weight is 525 g/mol. The molecule has 1 heterocycles. The first kappa shape index (κ1) is 26.3. The van der Waals surface area contributed by atoms with Crippen molar-refractivity contribution in [1.82, 2.24) is 0 Å². The lowest BCUT2D eigenvalue weighted by atomic mass is 10.1. The first-order valence-corrected chi connectivity index (χ1v) is 13.6. The number of rotatable bonds is 10. The van der Waals surface area contributed by atoms with Crippen molar-refractivity contribution in [2.45, 2.75) is 31.3 Å². The van der Waals surface area contributed by atoms with E-state index in [1.807, 2.05) is 45.2 Å². The zero-order chi connectivity index (χ0) is 26.6. The highest BCUT2D eigenvalue weighted by Gasteiger charge is 2.27. The summed E-state index contributed by atoms with van der Waals surface area (Å²) in [5.74, 6) is 0.437. The molecule has 0 aromatic heterocycles. The summed E-state index contributed by atoms with van der Waals surface area (Å²) in [6.45, 7) is 5.12. The van der Waals surface area contributed by atoms with Crippen molar-refractivity contribution >= 4 is 27.4 Å². The Bertz CT molecular complexity index is 1340. The Labute approximate surface area is 218 Å². The van der Waals surface area contributed by atoms with Crippen molar-refractivity contribution in [3.8, 4) is 11.5 Å². The average Bonchev–Trinajstić information content (AvgIpc) is 2.86. The van der Waals surface area contributed by atoms with Gasteiger partial charge in [0.2, 0.25) is 0 Å². The van der Waals surface area contributed by atoms with E-state index in [1.165, 1.54) is 16.4 Å². The van der Waals surface area contributed by atoms with Gasteiger partial charge in [-0.25, -0.2) is 8.42 Å². The Kier molecular flexibility index (Phi) is 7.92. The lowest BCUT2D eigenvalue weighted by Crippen LogP contribution is -2.41. The summed E-state index contributed by atoms with van der Waals surface area (Å²) >= 11 is 0. The van der Waals surface area contributed by atoms with Crippen molar-refractivity contribution in [3.63, 3.8) is 0 Å². The normalized spacial score (nSPS) is 15.1. The zero-order valence-electron chi connectivity index (χ0n) is 21.2. The Morgan fingerprint density at radius 2 is 1.84 bits per heavy atom. The van der Waals surface area contributed by atoms with Crippen LogP contribution >= 0.6 is 0 Å². The first-order chi connectivity index (χ1) is 17.6. The number of hydrogen-bond donors (Lipinski definition) is 1. The SMILES string of the molecule is CC(C)CN(c1cccc(CC(=O)O)c1)S(=O)(=O)c1ccc(OC[C@@H]2CN(C)c3ccccc3O2)cc1. The monoisotopic (exact) mass is 524 g/mol. The lowest BCUT2D eigenvalue weighted by Gasteiger charge is -2.33. The van der Waals surface area contributed by atoms with E-state index >= 15 is 0 Å². The minimum atomic E-state index is -3.89. The third-order valence-corrected chi connectivity index (χ3v) is 7.79. The molecule has 0 saturated heterocycles. The second-order valence-corrected chi connectivity index (χ2v) is 11.4. The van der Waals surface area contributed by atoms with Crippen LogP contribution in [0, 0.1) is 5.92 Å². The molecule has 1 atom stereocenters. The van der Waals surface area contributed by atoms with Crippen LogP contribution in [0.25, 0.3) is 0 Å². The molecule has 9 heteroatoms. The molecule has 0 unspecified atom stereocenters. The molecule has 1 aliphatic heterocycles. The number of para-hydroxylation sites is 2. The molecule has 1 aliphatic rings. The van der Waals surface area contributed by atoms with E-state index in [-0.39, 0.29) is 29.9 Å². The van der Waals surface area contributed by atoms with E-state index < -0.39 is 16.0 Å². The number of nitrogens with zero attached hydrogens (tertiary/aromatic N) is 2. The predicted octanol–water partition coefficient (Wildman–Crippen LogP) is 4.44. The Hall–Kier alpha value is -3.72. The van der Waals surface area contributed by atoms with E-state index in [4.69, 9.17) is 14.6 Å². The Balaban J connectivity index is 1.48. The number of carboxylic acids is 1. The smallest absolute Gasteiger partial charge is 0.307 e. The van der Waals surface area contributed by atoms with Crippen LogP contribution < -0.4 is 18.7 Å². The van der Waals surface area contributed by atoms with E-state index in [9.17, 15) is 13.2 Å². The molecule has 196 valence electrons. The summed E-state index contributed by atoms with van der Waals surface area (Å²) in [5.41, 5.74) is 2.01. The van der Waals surface area contributed by atoms with Crippen LogP contribution in [0.2, 0.25) is 0 Å². The number of fused-ring (bicyclic) bond motifs is 1. The molecule has 0 amide bonds. The van der Waals surface area contributed by atoms with Crippen LogP contribution in [0.15, 0.2) is 77.7 Å². The highest BCUT2D eigenvalue weighted by molar-refractivity contribution is 7.92. The standard InChI is InChI=1S/C28H32N2O6S/c1-20(2)17-30(22-8-6-7-21(15-22)16-28(31)32)37(33,34)25-13-11-23(12-14-25)35-19-24-18-29(3)26-9-4-5-10-27(26)36-24/h4-15,20,24H,16-19H2,1-3H3,(H,31,32)/t24-/m0/s1. The summed E-state index contributed by atoms with van der Waals surface area (Å²) in [7, 11) is -1.88. The molecule has 0 bridgehead atoms. The second kappa shape index (κ2) is 11.1. The third-order valence-electron chi connectivity index (χ3n) is 5.98. The fourth-order valence-corrected chi connectivity index (χ4v) is 5.89. The van der Waals surface area contributed by atoms with E-state index in [0.29, 0.717) is 30.2 Å². The third kappa shape index (κ3) is 6.35. The maximum absolute atomic E-state index is 13.6. The van der Waals surface area contributed by atoms with Gasteiger partial charge in [-0.1, -0.05) is 38.1 Å². The minimum absolute atomic E-state index is 0.0549. The van der Waals surface area contributed by atoms with Crippen molar-refractivity contribution < 1.29 is 27.8 Å². The number of aliphatic carboxylic acids is 1. The second-order valence-electron chi connectivity index (χ2n) is 9.54. The molecule has 4 rings (SSSR count). The van der Waals surface area contributed by atoms with Crippen molar-refractivity contribution in [1.29, 1.82) is 0 Å². The number of sulfonamides is 1. The fourth-order valence-electron chi connectivity index (χ4n) is 4.27. The van der Waals surface area contributed by atoms with E-state index in [1.54, 1.807) is 36.4 Å². The van der Waals surface area contributed by atoms with Gasteiger partial charge in [-0.15, -0.1) is 0 Å². The molecule has 3 aromatic rings. The molecule has 3 aromatic carbocycles. The van der Waals surface area contributed by atoms with Gasteiger partial charge in [0.25, 0.3) is 10.0 Å². The van der Waals surface area contributed by atoms with Crippen LogP contribution in [0.3, 0.4) is 0 Å².